The van der Waals surface area contributed by atoms with Gasteiger partial charge in [0.25, 0.3) is 0 Å². The van der Waals surface area contributed by atoms with Crippen LogP contribution in [0, 0.1) is 5.82 Å². The lowest BCUT2D eigenvalue weighted by Gasteiger charge is -2.12. The van der Waals surface area contributed by atoms with E-state index in [1.54, 1.807) is 35.0 Å². The van der Waals surface area contributed by atoms with Crippen LogP contribution in [-0.2, 0) is 10.0 Å². The summed E-state index contributed by atoms with van der Waals surface area (Å²) in [5.41, 5.74) is 8.82. The van der Waals surface area contributed by atoms with Crippen LogP contribution in [0.25, 0.3) is 16.9 Å². The summed E-state index contributed by atoms with van der Waals surface area (Å²) in [6.07, 6.45) is -1.12. The minimum Gasteiger partial charge on any atom is -0.310 e. The first-order valence-electron chi connectivity index (χ1n) is 9.28. The standard InChI is InChI=1S/C22H18ClFN4O2S/c23-16-6-10-18(11-7-16)28-21(15-4-2-1-3-5-15)14-20(26-28)22(25)27-31(29,30)19-12-8-17(24)9-13-19/h1-14,22,27H,25H2. The summed E-state index contributed by atoms with van der Waals surface area (Å²) in [5, 5.41) is 5.12. The Morgan fingerprint density at radius 3 is 2.26 bits per heavy atom. The van der Waals surface area contributed by atoms with Gasteiger partial charge in [-0.15, -0.1) is 0 Å². The molecule has 0 saturated carbocycles. The van der Waals surface area contributed by atoms with Crippen molar-refractivity contribution >= 4 is 21.6 Å². The van der Waals surface area contributed by atoms with Crippen LogP contribution < -0.4 is 10.5 Å². The summed E-state index contributed by atoms with van der Waals surface area (Å²) in [5.74, 6) is -0.530. The van der Waals surface area contributed by atoms with E-state index >= 15 is 0 Å². The number of hydrogen-bond acceptors (Lipinski definition) is 4. The van der Waals surface area contributed by atoms with E-state index in [1.165, 1.54) is 12.1 Å². The molecule has 0 radical (unpaired) electrons. The van der Waals surface area contributed by atoms with Crippen LogP contribution in [0.2, 0.25) is 5.02 Å². The van der Waals surface area contributed by atoms with E-state index in [2.05, 4.69) is 9.82 Å². The normalized spacial score (nSPS) is 12.6. The fourth-order valence-electron chi connectivity index (χ4n) is 3.05. The monoisotopic (exact) mass is 456 g/mol. The van der Waals surface area contributed by atoms with Gasteiger partial charge in [0.05, 0.1) is 22.0 Å². The van der Waals surface area contributed by atoms with Crippen molar-refractivity contribution < 1.29 is 12.8 Å². The van der Waals surface area contributed by atoms with Gasteiger partial charge in [-0.3, -0.25) is 0 Å². The fraction of sp³-hybridized carbons (Fsp3) is 0.0455. The molecule has 0 amide bonds. The molecule has 0 bridgehead atoms. The molecule has 158 valence electrons. The Bertz CT molecular complexity index is 1290. The lowest BCUT2D eigenvalue weighted by Crippen LogP contribution is -2.34. The van der Waals surface area contributed by atoms with Crippen LogP contribution in [0.4, 0.5) is 4.39 Å². The number of nitrogens with one attached hydrogen (secondary N) is 1. The van der Waals surface area contributed by atoms with Gasteiger partial charge in [0, 0.05) is 10.6 Å². The Kier molecular flexibility index (Phi) is 5.88. The van der Waals surface area contributed by atoms with Crippen molar-refractivity contribution in [2.45, 2.75) is 11.1 Å². The molecule has 0 aliphatic carbocycles. The summed E-state index contributed by atoms with van der Waals surface area (Å²) in [6, 6.07) is 22.8. The highest BCUT2D eigenvalue weighted by atomic mass is 35.5. The van der Waals surface area contributed by atoms with Crippen molar-refractivity contribution in [3.8, 4) is 16.9 Å². The number of sulfonamides is 1. The zero-order valence-electron chi connectivity index (χ0n) is 16.1. The van der Waals surface area contributed by atoms with Crippen molar-refractivity contribution in [2.24, 2.45) is 5.73 Å². The Hall–Kier alpha value is -3.04. The van der Waals surface area contributed by atoms with Crippen molar-refractivity contribution in [3.63, 3.8) is 0 Å². The smallest absolute Gasteiger partial charge is 0.242 e. The first kappa shape index (κ1) is 21.2. The summed E-state index contributed by atoms with van der Waals surface area (Å²) >= 11 is 6.00. The second kappa shape index (κ2) is 8.60. The van der Waals surface area contributed by atoms with Crippen LogP contribution in [-0.4, -0.2) is 18.2 Å². The van der Waals surface area contributed by atoms with Crippen molar-refractivity contribution in [1.29, 1.82) is 0 Å². The lowest BCUT2D eigenvalue weighted by atomic mass is 10.1. The van der Waals surface area contributed by atoms with Gasteiger partial charge in [-0.2, -0.15) is 9.82 Å². The summed E-state index contributed by atoms with van der Waals surface area (Å²) in [4.78, 5) is -0.0928. The second-order valence-corrected chi connectivity index (χ2v) is 8.91. The number of halogens is 2. The zero-order valence-corrected chi connectivity index (χ0v) is 17.7. The number of hydrogen-bond donors (Lipinski definition) is 2. The third kappa shape index (κ3) is 4.67. The molecule has 31 heavy (non-hydrogen) atoms. The van der Waals surface area contributed by atoms with Gasteiger partial charge in [-0.25, -0.2) is 17.5 Å². The van der Waals surface area contributed by atoms with E-state index < -0.39 is 22.0 Å². The molecule has 3 aromatic carbocycles. The maximum absolute atomic E-state index is 13.1. The largest absolute Gasteiger partial charge is 0.310 e. The zero-order chi connectivity index (χ0) is 22.0. The average Bonchev–Trinajstić information content (AvgIpc) is 3.21. The van der Waals surface area contributed by atoms with E-state index in [0.29, 0.717) is 10.7 Å². The lowest BCUT2D eigenvalue weighted by molar-refractivity contribution is 0.555. The third-order valence-corrected chi connectivity index (χ3v) is 6.30. The maximum Gasteiger partial charge on any atom is 0.242 e. The highest BCUT2D eigenvalue weighted by Crippen LogP contribution is 2.26. The van der Waals surface area contributed by atoms with Gasteiger partial charge in [0.2, 0.25) is 10.0 Å². The Balaban J connectivity index is 1.71. The molecule has 0 aliphatic heterocycles. The minimum absolute atomic E-state index is 0.0928. The molecule has 6 nitrogen and oxygen atoms in total. The molecule has 0 aliphatic rings. The van der Waals surface area contributed by atoms with Gasteiger partial charge in [-0.05, 0) is 54.6 Å². The Labute approximate surface area is 184 Å². The van der Waals surface area contributed by atoms with Crippen molar-refractivity contribution in [1.82, 2.24) is 14.5 Å². The first-order chi connectivity index (χ1) is 14.8. The number of aromatic nitrogens is 2. The quantitative estimate of drug-likeness (QED) is 0.424. The van der Waals surface area contributed by atoms with Crippen LogP contribution >= 0.6 is 11.6 Å². The molecule has 9 heteroatoms. The number of nitrogens with zero attached hydrogens (tertiary/aromatic N) is 2. The molecular formula is C22H18ClFN4O2S. The summed E-state index contributed by atoms with van der Waals surface area (Å²) < 4.78 is 42.5. The minimum atomic E-state index is -3.97. The highest BCUT2D eigenvalue weighted by molar-refractivity contribution is 7.89. The molecule has 1 heterocycles. The topological polar surface area (TPSA) is 90.0 Å². The van der Waals surface area contributed by atoms with E-state index in [0.717, 1.165) is 29.1 Å². The number of nitrogens with two attached hydrogens (primary N) is 1. The first-order valence-corrected chi connectivity index (χ1v) is 11.1. The van der Waals surface area contributed by atoms with E-state index in [-0.39, 0.29) is 4.90 Å². The predicted octanol–water partition coefficient (Wildman–Crippen LogP) is 4.27. The van der Waals surface area contributed by atoms with Crippen molar-refractivity contribution in [2.75, 3.05) is 0 Å². The fourth-order valence-corrected chi connectivity index (χ4v) is 4.27. The highest BCUT2D eigenvalue weighted by Gasteiger charge is 2.22. The molecule has 3 N–H and O–H groups in total. The van der Waals surface area contributed by atoms with Gasteiger partial charge >= 0.3 is 0 Å². The van der Waals surface area contributed by atoms with Crippen LogP contribution in [0.3, 0.4) is 0 Å². The molecule has 1 unspecified atom stereocenters. The molecule has 4 aromatic rings. The van der Waals surface area contributed by atoms with Gasteiger partial charge < -0.3 is 5.73 Å². The molecule has 0 spiro atoms. The van der Waals surface area contributed by atoms with Crippen molar-refractivity contribution in [3.05, 3.63) is 101 Å². The van der Waals surface area contributed by atoms with Crippen LogP contribution in [0.5, 0.6) is 0 Å². The summed E-state index contributed by atoms with van der Waals surface area (Å²) in [6.45, 7) is 0. The van der Waals surface area contributed by atoms with Gasteiger partial charge in [-0.1, -0.05) is 41.9 Å². The third-order valence-electron chi connectivity index (χ3n) is 4.59. The maximum atomic E-state index is 13.1. The van der Waals surface area contributed by atoms with E-state index in [1.807, 2.05) is 30.3 Å². The summed E-state index contributed by atoms with van der Waals surface area (Å²) in [7, 11) is -3.97. The second-order valence-electron chi connectivity index (χ2n) is 6.76. The number of benzene rings is 3. The van der Waals surface area contributed by atoms with E-state index in [4.69, 9.17) is 17.3 Å². The van der Waals surface area contributed by atoms with Gasteiger partial charge in [0.1, 0.15) is 12.0 Å². The molecule has 4 rings (SSSR count). The van der Waals surface area contributed by atoms with E-state index in [9.17, 15) is 12.8 Å². The SMILES string of the molecule is NC(NS(=O)(=O)c1ccc(F)cc1)c1cc(-c2ccccc2)n(-c2ccc(Cl)cc2)n1. The Morgan fingerprint density at radius 2 is 1.61 bits per heavy atom. The van der Waals surface area contributed by atoms with Crippen LogP contribution in [0.15, 0.2) is 89.8 Å². The van der Waals surface area contributed by atoms with Gasteiger partial charge in [0.15, 0.2) is 0 Å². The predicted molar refractivity (Wildman–Crippen MR) is 118 cm³/mol. The molecule has 1 atom stereocenters. The Morgan fingerprint density at radius 1 is 0.968 bits per heavy atom. The van der Waals surface area contributed by atoms with Crippen LogP contribution in [0.1, 0.15) is 11.9 Å². The molecule has 0 fully saturated rings. The number of rotatable bonds is 6. The molecule has 1 aromatic heterocycles. The molecule has 0 saturated heterocycles. The molecular weight excluding hydrogens is 439 g/mol. The average molecular weight is 457 g/mol.